The maximum Gasteiger partial charge on any atom is 0.229 e. The molecule has 1 saturated carbocycles. The lowest BCUT2D eigenvalue weighted by atomic mass is 9.97. The summed E-state index contributed by atoms with van der Waals surface area (Å²) in [6.45, 7) is 1.24. The number of carbonyl (C=O) groups is 2. The number of hydrogen-bond donors (Lipinski definition) is 0. The SMILES string of the molecule is CN(C)CCN=C1CC(=O)c2oc(C3CC3)nc2C1=O. The van der Waals surface area contributed by atoms with Gasteiger partial charge in [0.25, 0.3) is 0 Å². The Labute approximate surface area is 116 Å². The largest absolute Gasteiger partial charge is 0.436 e. The average molecular weight is 275 g/mol. The molecule has 0 N–H and O–H groups in total. The van der Waals surface area contributed by atoms with Crippen LogP contribution in [0.2, 0.25) is 0 Å². The first-order valence-electron chi connectivity index (χ1n) is 6.83. The van der Waals surface area contributed by atoms with Gasteiger partial charge < -0.3 is 9.32 Å². The fourth-order valence-corrected chi connectivity index (χ4v) is 2.15. The number of fused-ring (bicyclic) bond motifs is 1. The van der Waals surface area contributed by atoms with E-state index in [-0.39, 0.29) is 35.4 Å². The van der Waals surface area contributed by atoms with Crippen molar-refractivity contribution in [1.29, 1.82) is 0 Å². The van der Waals surface area contributed by atoms with Crippen molar-refractivity contribution < 1.29 is 14.0 Å². The highest BCUT2D eigenvalue weighted by Gasteiger charge is 2.38. The van der Waals surface area contributed by atoms with Crippen LogP contribution in [-0.4, -0.2) is 54.3 Å². The van der Waals surface area contributed by atoms with Crippen molar-refractivity contribution >= 4 is 17.3 Å². The molecular formula is C14H17N3O3. The van der Waals surface area contributed by atoms with Gasteiger partial charge in [-0.15, -0.1) is 0 Å². The maximum atomic E-state index is 12.3. The first-order chi connectivity index (χ1) is 9.56. The lowest BCUT2D eigenvalue weighted by Crippen LogP contribution is -2.27. The summed E-state index contributed by atoms with van der Waals surface area (Å²) in [6, 6.07) is 0. The van der Waals surface area contributed by atoms with Crippen molar-refractivity contribution in [2.75, 3.05) is 27.2 Å². The highest BCUT2D eigenvalue weighted by Crippen LogP contribution is 2.40. The molecule has 0 aliphatic heterocycles. The molecule has 6 nitrogen and oxygen atoms in total. The number of ketones is 2. The molecule has 6 heteroatoms. The van der Waals surface area contributed by atoms with Crippen molar-refractivity contribution in [2.24, 2.45) is 4.99 Å². The van der Waals surface area contributed by atoms with E-state index in [1.807, 2.05) is 19.0 Å². The molecule has 0 amide bonds. The summed E-state index contributed by atoms with van der Waals surface area (Å²) in [5, 5.41) is 0. The van der Waals surface area contributed by atoms with E-state index >= 15 is 0 Å². The van der Waals surface area contributed by atoms with Crippen LogP contribution < -0.4 is 0 Å². The molecular weight excluding hydrogens is 258 g/mol. The topological polar surface area (TPSA) is 75.8 Å². The molecule has 0 bridgehead atoms. The Morgan fingerprint density at radius 2 is 2.10 bits per heavy atom. The summed E-state index contributed by atoms with van der Waals surface area (Å²) in [4.78, 5) is 34.7. The van der Waals surface area contributed by atoms with Gasteiger partial charge in [-0.25, -0.2) is 4.98 Å². The quantitative estimate of drug-likeness (QED) is 0.828. The number of rotatable bonds is 4. The third-order valence-electron chi connectivity index (χ3n) is 3.48. The number of carbonyl (C=O) groups excluding carboxylic acids is 2. The van der Waals surface area contributed by atoms with Gasteiger partial charge in [-0.3, -0.25) is 14.6 Å². The van der Waals surface area contributed by atoms with E-state index in [4.69, 9.17) is 4.42 Å². The van der Waals surface area contributed by atoms with Gasteiger partial charge in [0.15, 0.2) is 11.6 Å². The fourth-order valence-electron chi connectivity index (χ4n) is 2.15. The summed E-state index contributed by atoms with van der Waals surface area (Å²) in [5.41, 5.74) is 0.465. The lowest BCUT2D eigenvalue weighted by Gasteiger charge is -2.11. The molecule has 1 fully saturated rings. The van der Waals surface area contributed by atoms with Crippen LogP contribution in [0, 0.1) is 0 Å². The number of likely N-dealkylation sites (N-methyl/N-ethyl adjacent to an activating group) is 1. The van der Waals surface area contributed by atoms with E-state index in [9.17, 15) is 9.59 Å². The van der Waals surface area contributed by atoms with E-state index in [0.717, 1.165) is 19.4 Å². The minimum atomic E-state index is -0.256. The second-order valence-corrected chi connectivity index (χ2v) is 5.56. The van der Waals surface area contributed by atoms with Crippen LogP contribution in [0.15, 0.2) is 9.41 Å². The van der Waals surface area contributed by atoms with Crippen molar-refractivity contribution in [3.63, 3.8) is 0 Å². The number of Topliss-reactive ketones (excluding diaryl/α,β-unsaturated/α-hetero) is 2. The predicted octanol–water partition coefficient (Wildman–Crippen LogP) is 1.32. The van der Waals surface area contributed by atoms with E-state index < -0.39 is 0 Å². The van der Waals surface area contributed by atoms with Gasteiger partial charge >= 0.3 is 0 Å². The molecule has 0 atom stereocenters. The van der Waals surface area contributed by atoms with Gasteiger partial charge in [0.05, 0.1) is 18.7 Å². The van der Waals surface area contributed by atoms with Crippen LogP contribution in [-0.2, 0) is 0 Å². The second kappa shape index (κ2) is 4.94. The molecule has 0 saturated heterocycles. The third-order valence-corrected chi connectivity index (χ3v) is 3.48. The van der Waals surface area contributed by atoms with Crippen molar-refractivity contribution in [3.8, 4) is 0 Å². The number of aliphatic imine (C=N–C) groups is 1. The molecule has 3 rings (SSSR count). The van der Waals surface area contributed by atoms with Gasteiger partial charge in [0.1, 0.15) is 0 Å². The molecule has 0 unspecified atom stereocenters. The molecule has 20 heavy (non-hydrogen) atoms. The van der Waals surface area contributed by atoms with Crippen molar-refractivity contribution in [1.82, 2.24) is 9.88 Å². The van der Waals surface area contributed by atoms with Crippen LogP contribution in [0.5, 0.6) is 0 Å². The molecule has 106 valence electrons. The first-order valence-corrected chi connectivity index (χ1v) is 6.83. The summed E-state index contributed by atoms with van der Waals surface area (Å²) in [6.07, 6.45) is 2.07. The summed E-state index contributed by atoms with van der Waals surface area (Å²) in [7, 11) is 3.87. The Bertz CT molecular complexity index is 597. The fraction of sp³-hybridized carbons (Fsp3) is 0.571. The highest BCUT2D eigenvalue weighted by molar-refractivity contribution is 6.51. The van der Waals surface area contributed by atoms with Gasteiger partial charge in [0, 0.05) is 12.5 Å². The Balaban J connectivity index is 1.84. The van der Waals surface area contributed by atoms with Gasteiger partial charge in [0.2, 0.25) is 17.3 Å². The van der Waals surface area contributed by atoms with Crippen LogP contribution in [0.4, 0.5) is 0 Å². The number of hydrogen-bond acceptors (Lipinski definition) is 6. The molecule has 2 aliphatic rings. The van der Waals surface area contributed by atoms with Gasteiger partial charge in [-0.2, -0.15) is 0 Å². The summed E-state index contributed by atoms with van der Waals surface area (Å²) in [5.74, 6) is 0.502. The average Bonchev–Trinajstić information content (AvgIpc) is 3.14. The third kappa shape index (κ3) is 2.43. The normalized spacial score (nSPS) is 20.9. The maximum absolute atomic E-state index is 12.3. The van der Waals surface area contributed by atoms with Crippen molar-refractivity contribution in [3.05, 3.63) is 17.3 Å². The lowest BCUT2D eigenvalue weighted by molar-refractivity contribution is 0.0938. The molecule has 1 aromatic rings. The molecule has 0 aromatic carbocycles. The van der Waals surface area contributed by atoms with E-state index in [1.165, 1.54) is 0 Å². The van der Waals surface area contributed by atoms with Crippen LogP contribution in [0.25, 0.3) is 0 Å². The molecule has 1 heterocycles. The predicted molar refractivity (Wildman–Crippen MR) is 72.6 cm³/mol. The summed E-state index contributed by atoms with van der Waals surface area (Å²) >= 11 is 0. The number of aromatic nitrogens is 1. The molecule has 0 radical (unpaired) electrons. The smallest absolute Gasteiger partial charge is 0.229 e. The summed E-state index contributed by atoms with van der Waals surface area (Å²) < 4.78 is 5.46. The number of oxazole rings is 1. The van der Waals surface area contributed by atoms with Crippen molar-refractivity contribution in [2.45, 2.75) is 25.2 Å². The number of nitrogens with zero attached hydrogens (tertiary/aromatic N) is 3. The first kappa shape index (κ1) is 13.2. The Morgan fingerprint density at radius 3 is 2.75 bits per heavy atom. The Morgan fingerprint density at radius 1 is 1.35 bits per heavy atom. The molecule has 1 aromatic heterocycles. The standard InChI is InChI=1S/C14H17N3O3/c1-17(2)6-5-15-9-7-10(18)13-11(12(9)19)16-14(20-13)8-3-4-8/h8H,3-7H2,1-2H3. The van der Waals surface area contributed by atoms with Gasteiger partial charge in [-0.05, 0) is 26.9 Å². The Kier molecular flexibility index (Phi) is 3.25. The van der Waals surface area contributed by atoms with E-state index in [2.05, 4.69) is 9.98 Å². The van der Waals surface area contributed by atoms with Gasteiger partial charge in [-0.1, -0.05) is 0 Å². The minimum absolute atomic E-state index is 0.0264. The highest BCUT2D eigenvalue weighted by atomic mass is 16.4. The van der Waals surface area contributed by atoms with Crippen LogP contribution in [0.1, 0.15) is 52.1 Å². The van der Waals surface area contributed by atoms with Crippen LogP contribution in [0.3, 0.4) is 0 Å². The van der Waals surface area contributed by atoms with E-state index in [1.54, 1.807) is 0 Å². The Hall–Kier alpha value is -1.82. The van der Waals surface area contributed by atoms with Crippen LogP contribution >= 0.6 is 0 Å². The molecule has 2 aliphatic carbocycles. The monoisotopic (exact) mass is 275 g/mol. The zero-order valence-corrected chi connectivity index (χ0v) is 11.7. The zero-order chi connectivity index (χ0) is 14.3. The minimum Gasteiger partial charge on any atom is -0.436 e. The van der Waals surface area contributed by atoms with E-state index in [0.29, 0.717) is 18.1 Å². The molecule has 0 spiro atoms. The zero-order valence-electron chi connectivity index (χ0n) is 11.7. The second-order valence-electron chi connectivity index (χ2n) is 5.56.